The fraction of sp³-hybridized carbons (Fsp3) is 0.129. The van der Waals surface area contributed by atoms with E-state index in [1.807, 2.05) is 6.92 Å². The number of amides is 4. The number of barbiturate groups is 1. The minimum Gasteiger partial charge on any atom is -0.495 e. The number of aromatic nitrogens is 1. The summed E-state index contributed by atoms with van der Waals surface area (Å²) in [6, 6.07) is 20.5. The highest BCUT2D eigenvalue weighted by molar-refractivity contribution is 6.46. The lowest BCUT2D eigenvalue weighted by Gasteiger charge is -2.34. The second-order valence-electron chi connectivity index (χ2n) is 9.57. The lowest BCUT2D eigenvalue weighted by atomic mass is 10.0. The second-order valence-corrected chi connectivity index (χ2v) is 9.57. The third kappa shape index (κ3) is 4.76. The Morgan fingerprint density at radius 2 is 1.41 bits per heavy atom. The van der Waals surface area contributed by atoms with E-state index in [4.69, 9.17) is 4.74 Å². The van der Waals surface area contributed by atoms with Crippen LogP contribution in [0.15, 0.2) is 84.4 Å². The summed E-state index contributed by atoms with van der Waals surface area (Å²) in [6.07, 6.45) is 1.46. The number of carbonyl (C=O) groups excluding carboxylic acids is 3. The van der Waals surface area contributed by atoms with Crippen molar-refractivity contribution in [2.24, 2.45) is 0 Å². The Kier molecular flexibility index (Phi) is 6.98. The molecule has 0 atom stereocenters. The van der Waals surface area contributed by atoms with Crippen molar-refractivity contribution in [2.75, 3.05) is 16.9 Å². The van der Waals surface area contributed by atoms with E-state index in [9.17, 15) is 24.5 Å². The van der Waals surface area contributed by atoms with Gasteiger partial charge in [-0.3, -0.25) is 19.7 Å². The third-order valence-electron chi connectivity index (χ3n) is 6.94. The largest absolute Gasteiger partial charge is 0.495 e. The molecule has 0 radical (unpaired) electrons. The number of nitro benzene ring substituents is 1. The van der Waals surface area contributed by atoms with Gasteiger partial charge in [-0.25, -0.2) is 14.6 Å². The predicted octanol–water partition coefficient (Wildman–Crippen LogP) is 5.90. The van der Waals surface area contributed by atoms with Crippen LogP contribution in [0.1, 0.15) is 22.5 Å². The Morgan fingerprint density at radius 3 is 2.00 bits per heavy atom. The summed E-state index contributed by atoms with van der Waals surface area (Å²) in [4.78, 5) is 54.1. The Balaban J connectivity index is 1.67. The van der Waals surface area contributed by atoms with E-state index in [0.717, 1.165) is 15.4 Å². The number of hydrogen-bond acceptors (Lipinski definition) is 6. The van der Waals surface area contributed by atoms with Crippen LogP contribution in [0.2, 0.25) is 0 Å². The molecule has 0 N–H and O–H groups in total. The molecule has 0 saturated carbocycles. The van der Waals surface area contributed by atoms with Gasteiger partial charge in [-0.15, -0.1) is 0 Å². The highest BCUT2D eigenvalue weighted by Gasteiger charge is 2.43. The molecule has 0 spiro atoms. The SMILES string of the molecule is COc1ccc([N+](=O)[O-])cc1-n1c(C)cc(/C=C2\C(=O)N(c3ccccc3)C(=O)N(c3ccc(C)cc3)C2=O)c1C. The van der Waals surface area contributed by atoms with Crippen molar-refractivity contribution in [3.8, 4) is 11.4 Å². The first-order valence-electron chi connectivity index (χ1n) is 12.7. The van der Waals surface area contributed by atoms with Crippen molar-refractivity contribution >= 4 is 41.0 Å². The molecule has 5 rings (SSSR count). The summed E-state index contributed by atoms with van der Waals surface area (Å²) in [5.74, 6) is -1.10. The smallest absolute Gasteiger partial charge is 0.343 e. The highest BCUT2D eigenvalue weighted by Crippen LogP contribution is 2.34. The second kappa shape index (κ2) is 10.6. The van der Waals surface area contributed by atoms with E-state index >= 15 is 0 Å². The van der Waals surface area contributed by atoms with Crippen molar-refractivity contribution < 1.29 is 24.0 Å². The minimum atomic E-state index is -0.779. The maximum atomic E-state index is 13.8. The molecule has 1 saturated heterocycles. The van der Waals surface area contributed by atoms with Gasteiger partial charge in [0.25, 0.3) is 17.5 Å². The molecule has 0 unspecified atom stereocenters. The number of aryl methyl sites for hydroxylation is 2. The van der Waals surface area contributed by atoms with Gasteiger partial charge in [0.1, 0.15) is 11.3 Å². The van der Waals surface area contributed by atoms with Crippen molar-refractivity contribution in [2.45, 2.75) is 20.8 Å². The van der Waals surface area contributed by atoms with E-state index in [1.165, 1.54) is 31.4 Å². The first-order chi connectivity index (χ1) is 19.6. The zero-order valence-electron chi connectivity index (χ0n) is 22.8. The molecular weight excluding hydrogens is 524 g/mol. The number of carbonyl (C=O) groups is 3. The van der Waals surface area contributed by atoms with Crippen LogP contribution in [0, 0.1) is 30.9 Å². The van der Waals surface area contributed by atoms with Crippen LogP contribution in [0.3, 0.4) is 0 Å². The van der Waals surface area contributed by atoms with Gasteiger partial charge in [-0.1, -0.05) is 35.9 Å². The first kappa shape index (κ1) is 27.1. The van der Waals surface area contributed by atoms with Crippen LogP contribution in [0.4, 0.5) is 21.9 Å². The van der Waals surface area contributed by atoms with Crippen LogP contribution >= 0.6 is 0 Å². The van der Waals surface area contributed by atoms with Gasteiger partial charge in [0.2, 0.25) is 0 Å². The summed E-state index contributed by atoms with van der Waals surface area (Å²) < 4.78 is 7.22. The van der Waals surface area contributed by atoms with E-state index < -0.39 is 22.8 Å². The zero-order valence-corrected chi connectivity index (χ0v) is 22.8. The van der Waals surface area contributed by atoms with Crippen LogP contribution in [-0.2, 0) is 9.59 Å². The van der Waals surface area contributed by atoms with Gasteiger partial charge in [-0.2, -0.15) is 0 Å². The number of anilines is 2. The van der Waals surface area contributed by atoms with Gasteiger partial charge < -0.3 is 9.30 Å². The molecule has 41 heavy (non-hydrogen) atoms. The molecule has 2 heterocycles. The molecule has 1 fully saturated rings. The van der Waals surface area contributed by atoms with Crippen molar-refractivity contribution in [3.05, 3.63) is 117 Å². The Bertz CT molecular complexity index is 1740. The number of benzene rings is 3. The Labute approximate surface area is 235 Å². The van der Waals surface area contributed by atoms with Crippen LogP contribution in [0.5, 0.6) is 5.75 Å². The first-order valence-corrected chi connectivity index (χ1v) is 12.7. The summed E-state index contributed by atoms with van der Waals surface area (Å²) in [6.45, 7) is 5.46. The molecule has 4 aromatic rings. The van der Waals surface area contributed by atoms with E-state index in [0.29, 0.717) is 39.8 Å². The van der Waals surface area contributed by atoms with Gasteiger partial charge >= 0.3 is 6.03 Å². The van der Waals surface area contributed by atoms with E-state index in [1.54, 1.807) is 79.1 Å². The normalized spacial score (nSPS) is 14.6. The molecule has 4 amide bonds. The predicted molar refractivity (Wildman–Crippen MR) is 154 cm³/mol. The monoisotopic (exact) mass is 550 g/mol. The number of non-ortho nitro benzene ring substituents is 1. The zero-order chi connectivity index (χ0) is 29.4. The van der Waals surface area contributed by atoms with Crippen molar-refractivity contribution in [1.82, 2.24) is 4.57 Å². The van der Waals surface area contributed by atoms with Gasteiger partial charge in [0.15, 0.2) is 0 Å². The molecule has 0 aliphatic carbocycles. The van der Waals surface area contributed by atoms with Crippen molar-refractivity contribution in [1.29, 1.82) is 0 Å². The molecule has 10 heteroatoms. The van der Waals surface area contributed by atoms with Crippen LogP contribution < -0.4 is 14.5 Å². The van der Waals surface area contributed by atoms with Gasteiger partial charge in [-0.05, 0) is 68.8 Å². The van der Waals surface area contributed by atoms with E-state index in [-0.39, 0.29) is 11.3 Å². The molecule has 1 aliphatic heterocycles. The summed E-state index contributed by atoms with van der Waals surface area (Å²) in [5.41, 5.74) is 3.54. The summed E-state index contributed by atoms with van der Waals surface area (Å²) in [5, 5.41) is 11.5. The standard InChI is InChI=1S/C31H26N4O6/c1-19-10-12-24(13-11-19)34-30(37)26(29(36)33(31(34)38)23-8-6-5-7-9-23)17-22-16-20(2)32(21(22)3)27-18-25(35(39)40)14-15-28(27)41-4/h5-18H,1-4H3/b26-17+. The Morgan fingerprint density at radius 1 is 0.805 bits per heavy atom. The number of rotatable bonds is 6. The number of nitrogens with zero attached hydrogens (tertiary/aromatic N) is 4. The molecule has 1 aliphatic rings. The fourth-order valence-electron chi connectivity index (χ4n) is 4.88. The highest BCUT2D eigenvalue weighted by atomic mass is 16.6. The van der Waals surface area contributed by atoms with E-state index in [2.05, 4.69) is 0 Å². The summed E-state index contributed by atoms with van der Waals surface area (Å²) >= 11 is 0. The molecular formula is C31H26N4O6. The number of imide groups is 2. The quantitative estimate of drug-likeness (QED) is 0.128. The minimum absolute atomic E-state index is 0.114. The maximum Gasteiger partial charge on any atom is 0.343 e. The summed E-state index contributed by atoms with van der Waals surface area (Å²) in [7, 11) is 1.47. The number of nitro groups is 1. The average Bonchev–Trinajstić information content (AvgIpc) is 3.24. The maximum absolute atomic E-state index is 13.8. The number of urea groups is 1. The average molecular weight is 551 g/mol. The van der Waals surface area contributed by atoms with Gasteiger partial charge in [0.05, 0.1) is 29.1 Å². The molecule has 10 nitrogen and oxygen atoms in total. The molecule has 206 valence electrons. The van der Waals surface area contributed by atoms with Crippen LogP contribution in [0.25, 0.3) is 11.8 Å². The Hall–Kier alpha value is -5.51. The molecule has 3 aromatic carbocycles. The lowest BCUT2D eigenvalue weighted by molar-refractivity contribution is -0.384. The van der Waals surface area contributed by atoms with Crippen LogP contribution in [-0.4, -0.2) is 34.4 Å². The lowest BCUT2D eigenvalue weighted by Crippen LogP contribution is -2.57. The number of hydrogen-bond donors (Lipinski definition) is 0. The number of methoxy groups -OCH3 is 1. The number of para-hydroxylation sites is 1. The third-order valence-corrected chi connectivity index (χ3v) is 6.94. The fourth-order valence-corrected chi connectivity index (χ4v) is 4.88. The number of ether oxygens (including phenoxy) is 1. The topological polar surface area (TPSA) is 115 Å². The van der Waals surface area contributed by atoms with Gasteiger partial charge in [0, 0.05) is 23.5 Å². The molecule has 1 aromatic heterocycles. The van der Waals surface area contributed by atoms with Crippen molar-refractivity contribution in [3.63, 3.8) is 0 Å². The molecule has 0 bridgehead atoms.